The van der Waals surface area contributed by atoms with E-state index in [1.165, 1.54) is 0 Å². The van der Waals surface area contributed by atoms with Crippen molar-refractivity contribution in [2.24, 2.45) is 5.41 Å². The Balaban J connectivity index is 2.34. The number of hydrogen-bond acceptors (Lipinski definition) is 2. The van der Waals surface area contributed by atoms with Gasteiger partial charge in [0, 0.05) is 12.2 Å². The summed E-state index contributed by atoms with van der Waals surface area (Å²) in [4.78, 5) is 13.2. The molecule has 2 rings (SSSR count). The van der Waals surface area contributed by atoms with E-state index in [9.17, 15) is 4.79 Å². The normalized spacial score (nSPS) is 20.2. The van der Waals surface area contributed by atoms with Gasteiger partial charge in [-0.3, -0.25) is 4.79 Å². The van der Waals surface area contributed by atoms with Gasteiger partial charge in [0.15, 0.2) is 5.78 Å². The molecule has 0 saturated heterocycles. The summed E-state index contributed by atoms with van der Waals surface area (Å²) in [6.45, 7) is 11.2. The van der Waals surface area contributed by atoms with Crippen LogP contribution >= 0.6 is 0 Å². The van der Waals surface area contributed by atoms with Crippen molar-refractivity contribution < 1.29 is 9.53 Å². The highest BCUT2D eigenvalue weighted by molar-refractivity contribution is 6.03. The lowest BCUT2D eigenvalue weighted by Crippen LogP contribution is -2.46. The summed E-state index contributed by atoms with van der Waals surface area (Å²) in [5, 5.41) is 0. The maximum atomic E-state index is 13.2. The Hall–Kier alpha value is -1.15. The quantitative estimate of drug-likeness (QED) is 0.739. The van der Waals surface area contributed by atoms with Crippen LogP contribution in [0.5, 0.6) is 0 Å². The molecule has 21 heavy (non-hydrogen) atoms. The van der Waals surface area contributed by atoms with Crippen molar-refractivity contribution in [1.29, 1.82) is 0 Å². The first kappa shape index (κ1) is 16.2. The number of rotatable bonds is 4. The van der Waals surface area contributed by atoms with Gasteiger partial charge in [0.05, 0.1) is 0 Å². The molecule has 1 aromatic rings. The van der Waals surface area contributed by atoms with E-state index in [0.717, 1.165) is 42.4 Å². The Morgan fingerprint density at radius 1 is 1.14 bits per heavy atom. The monoisotopic (exact) mass is 288 g/mol. The minimum atomic E-state index is -0.608. The van der Waals surface area contributed by atoms with Gasteiger partial charge >= 0.3 is 0 Å². The summed E-state index contributed by atoms with van der Waals surface area (Å²) in [5.41, 5.74) is 2.73. The topological polar surface area (TPSA) is 26.3 Å². The maximum absolute atomic E-state index is 13.2. The Morgan fingerprint density at radius 2 is 1.76 bits per heavy atom. The van der Waals surface area contributed by atoms with Crippen LogP contribution in [0.2, 0.25) is 0 Å². The first-order valence-corrected chi connectivity index (χ1v) is 8.06. The van der Waals surface area contributed by atoms with Crippen LogP contribution in [0.15, 0.2) is 18.2 Å². The summed E-state index contributed by atoms with van der Waals surface area (Å²) < 4.78 is 6.03. The molecule has 0 N–H and O–H groups in total. The third-order valence-corrected chi connectivity index (χ3v) is 4.88. The number of carbonyl (C=O) groups is 1. The molecule has 116 valence electrons. The van der Waals surface area contributed by atoms with Crippen LogP contribution in [0.1, 0.15) is 67.9 Å². The summed E-state index contributed by atoms with van der Waals surface area (Å²) in [5.74, 6) is 0.182. The fourth-order valence-corrected chi connectivity index (χ4v) is 3.27. The first-order chi connectivity index (χ1) is 9.80. The lowest BCUT2D eigenvalue weighted by atomic mass is 9.68. The summed E-state index contributed by atoms with van der Waals surface area (Å²) in [6, 6.07) is 6.11. The van der Waals surface area contributed by atoms with Crippen LogP contribution in [0.25, 0.3) is 0 Å². The molecule has 0 unspecified atom stereocenters. The number of ether oxygens (including phenoxy) is 1. The van der Waals surface area contributed by atoms with Crippen LogP contribution in [0.3, 0.4) is 0 Å². The largest absolute Gasteiger partial charge is 0.367 e. The Bertz CT molecular complexity index is 518. The van der Waals surface area contributed by atoms with E-state index in [-0.39, 0.29) is 5.78 Å². The van der Waals surface area contributed by atoms with Gasteiger partial charge in [-0.2, -0.15) is 0 Å². The zero-order valence-electron chi connectivity index (χ0n) is 14.1. The van der Waals surface area contributed by atoms with Crippen LogP contribution < -0.4 is 0 Å². The Kier molecular flexibility index (Phi) is 4.57. The maximum Gasteiger partial charge on any atom is 0.194 e. The summed E-state index contributed by atoms with van der Waals surface area (Å²) in [6.07, 6.45) is 3.76. The third-order valence-electron chi connectivity index (χ3n) is 4.88. The molecule has 0 spiro atoms. The average Bonchev–Trinajstić information content (AvgIpc) is 2.44. The molecule has 0 aliphatic heterocycles. The second kappa shape index (κ2) is 5.92. The fraction of sp³-hybridized carbons (Fsp3) is 0.632. The summed E-state index contributed by atoms with van der Waals surface area (Å²) in [7, 11) is 0. The van der Waals surface area contributed by atoms with Gasteiger partial charge < -0.3 is 4.74 Å². The van der Waals surface area contributed by atoms with Crippen molar-refractivity contribution in [3.8, 4) is 0 Å². The molecule has 1 aliphatic carbocycles. The molecular formula is C19H28O2. The first-order valence-electron chi connectivity index (χ1n) is 8.06. The molecule has 0 bridgehead atoms. The van der Waals surface area contributed by atoms with Crippen molar-refractivity contribution in [2.45, 2.75) is 65.9 Å². The van der Waals surface area contributed by atoms with Gasteiger partial charge in [0.25, 0.3) is 0 Å². The molecular weight excluding hydrogens is 260 g/mol. The molecule has 1 saturated carbocycles. The number of benzene rings is 1. The lowest BCUT2D eigenvalue weighted by molar-refractivity contribution is -0.0580. The van der Waals surface area contributed by atoms with Crippen molar-refractivity contribution >= 4 is 5.78 Å². The Morgan fingerprint density at radius 3 is 2.33 bits per heavy atom. The van der Waals surface area contributed by atoms with Crippen molar-refractivity contribution in [3.05, 3.63) is 34.9 Å². The van der Waals surface area contributed by atoms with Crippen LogP contribution in [0.4, 0.5) is 0 Å². The minimum Gasteiger partial charge on any atom is -0.367 e. The highest BCUT2D eigenvalue weighted by Crippen LogP contribution is 2.43. The minimum absolute atomic E-state index is 0.182. The van der Waals surface area contributed by atoms with E-state index < -0.39 is 5.60 Å². The molecule has 1 aromatic carbocycles. The SMILES string of the molecule is CCOC1(C(=O)c2cc(C)ccc2C)CCC(C)(C)CC1. The zero-order chi connectivity index (χ0) is 15.7. The van der Waals surface area contributed by atoms with Crippen LogP contribution in [-0.4, -0.2) is 18.0 Å². The van der Waals surface area contributed by atoms with Crippen molar-refractivity contribution in [3.63, 3.8) is 0 Å². The van der Waals surface area contributed by atoms with E-state index in [2.05, 4.69) is 19.9 Å². The van der Waals surface area contributed by atoms with Gasteiger partial charge in [0.2, 0.25) is 0 Å². The van der Waals surface area contributed by atoms with E-state index in [4.69, 9.17) is 4.74 Å². The van der Waals surface area contributed by atoms with Gasteiger partial charge in [-0.15, -0.1) is 0 Å². The molecule has 1 aliphatic rings. The standard InChI is InChI=1S/C19H28O2/c1-6-21-19(11-9-18(4,5)10-12-19)17(20)16-13-14(2)7-8-15(16)3/h7-8,13H,6,9-12H2,1-5H3. The molecule has 2 nitrogen and oxygen atoms in total. The lowest BCUT2D eigenvalue weighted by Gasteiger charge is -2.42. The summed E-state index contributed by atoms with van der Waals surface area (Å²) >= 11 is 0. The van der Waals surface area contributed by atoms with Crippen LogP contribution in [-0.2, 0) is 4.74 Å². The van der Waals surface area contributed by atoms with Crippen molar-refractivity contribution in [2.75, 3.05) is 6.61 Å². The highest BCUT2D eigenvalue weighted by atomic mass is 16.5. The van der Waals surface area contributed by atoms with E-state index >= 15 is 0 Å². The molecule has 2 heteroatoms. The molecule has 0 aromatic heterocycles. The van der Waals surface area contributed by atoms with Crippen molar-refractivity contribution in [1.82, 2.24) is 0 Å². The number of ketones is 1. The molecule has 0 amide bonds. The van der Waals surface area contributed by atoms with E-state index in [1.807, 2.05) is 32.9 Å². The van der Waals surface area contributed by atoms with Gasteiger partial charge in [-0.05, 0) is 63.5 Å². The molecule has 1 fully saturated rings. The highest BCUT2D eigenvalue weighted by Gasteiger charge is 2.45. The second-order valence-electron chi connectivity index (χ2n) is 7.24. The zero-order valence-corrected chi connectivity index (χ0v) is 14.1. The van der Waals surface area contributed by atoms with Gasteiger partial charge in [-0.1, -0.05) is 31.5 Å². The van der Waals surface area contributed by atoms with Crippen LogP contribution in [0, 0.1) is 19.3 Å². The third kappa shape index (κ3) is 3.37. The fourth-order valence-electron chi connectivity index (χ4n) is 3.27. The smallest absolute Gasteiger partial charge is 0.194 e. The molecule has 0 heterocycles. The predicted molar refractivity (Wildman–Crippen MR) is 86.9 cm³/mol. The van der Waals surface area contributed by atoms with E-state index in [0.29, 0.717) is 12.0 Å². The number of Topliss-reactive ketones (excluding diaryl/α,β-unsaturated/α-hetero) is 1. The van der Waals surface area contributed by atoms with E-state index in [1.54, 1.807) is 0 Å². The van der Waals surface area contributed by atoms with Gasteiger partial charge in [0.1, 0.15) is 5.60 Å². The number of hydrogen-bond donors (Lipinski definition) is 0. The molecule has 0 radical (unpaired) electrons. The second-order valence-corrected chi connectivity index (χ2v) is 7.24. The molecule has 0 atom stereocenters. The Labute approximate surface area is 128 Å². The average molecular weight is 288 g/mol. The van der Waals surface area contributed by atoms with Gasteiger partial charge in [-0.25, -0.2) is 0 Å². The number of aryl methyl sites for hydroxylation is 2. The number of carbonyl (C=O) groups excluding carboxylic acids is 1. The predicted octanol–water partition coefficient (Wildman–Crippen LogP) is 4.86.